The van der Waals surface area contributed by atoms with Crippen LogP contribution in [0, 0.1) is 0 Å². The van der Waals surface area contributed by atoms with Crippen molar-refractivity contribution in [2.45, 2.75) is 25.6 Å². The van der Waals surface area contributed by atoms with Crippen LogP contribution in [0.4, 0.5) is 4.79 Å². The van der Waals surface area contributed by atoms with Crippen LogP contribution in [0.1, 0.15) is 25.0 Å². The summed E-state index contributed by atoms with van der Waals surface area (Å²) in [5, 5.41) is 4.58. The molecule has 1 atom stereocenters. The van der Waals surface area contributed by atoms with Gasteiger partial charge in [-0.3, -0.25) is 19.8 Å². The Balaban J connectivity index is 1.83. The van der Waals surface area contributed by atoms with Crippen molar-refractivity contribution >= 4 is 40.9 Å². The lowest BCUT2D eigenvalue weighted by Crippen LogP contribution is -2.43. The van der Waals surface area contributed by atoms with E-state index in [9.17, 15) is 14.4 Å². The van der Waals surface area contributed by atoms with E-state index in [0.717, 1.165) is 22.9 Å². The number of carbonyl (C=O) groups is 3. The maximum Gasteiger partial charge on any atom is 0.321 e. The van der Waals surface area contributed by atoms with Crippen LogP contribution < -0.4 is 15.4 Å². The molecule has 9 heteroatoms. The van der Waals surface area contributed by atoms with E-state index in [0.29, 0.717) is 24.0 Å². The molecule has 0 bridgehead atoms. The van der Waals surface area contributed by atoms with Crippen molar-refractivity contribution in [3.8, 4) is 5.75 Å². The number of hydrogen-bond acceptors (Lipinski definition) is 6. The van der Waals surface area contributed by atoms with Crippen molar-refractivity contribution < 1.29 is 19.1 Å². The highest BCUT2D eigenvalue weighted by Crippen LogP contribution is 2.28. The molecule has 4 amide bonds. The van der Waals surface area contributed by atoms with Crippen molar-refractivity contribution in [3.63, 3.8) is 0 Å². The van der Waals surface area contributed by atoms with Gasteiger partial charge in [-0.25, -0.2) is 9.79 Å². The SMILES string of the molecule is CCNC(=O)NC(=O)C(C)SC1=N/C(=C\c2ccc(OC)cc2)C(=O)N1Cc1ccccc1. The number of imide groups is 1. The summed E-state index contributed by atoms with van der Waals surface area (Å²) in [7, 11) is 1.59. The molecular weight excluding hydrogens is 440 g/mol. The lowest BCUT2D eigenvalue weighted by atomic mass is 10.1. The zero-order valence-corrected chi connectivity index (χ0v) is 19.5. The van der Waals surface area contributed by atoms with Gasteiger partial charge in [0.1, 0.15) is 11.4 Å². The standard InChI is InChI=1S/C24H26N4O4S/c1-4-25-23(31)27-21(29)16(2)33-24-26-20(14-17-10-12-19(32-3)13-11-17)22(30)28(24)15-18-8-6-5-7-9-18/h5-14,16H,4,15H2,1-3H3,(H2,25,27,29,31)/b20-14-. The zero-order valence-electron chi connectivity index (χ0n) is 18.7. The van der Waals surface area contributed by atoms with E-state index in [1.54, 1.807) is 44.1 Å². The highest BCUT2D eigenvalue weighted by atomic mass is 32.2. The van der Waals surface area contributed by atoms with Crippen LogP contribution in [0.25, 0.3) is 6.08 Å². The first kappa shape index (κ1) is 24.1. The van der Waals surface area contributed by atoms with E-state index < -0.39 is 17.2 Å². The molecule has 33 heavy (non-hydrogen) atoms. The third-order valence-electron chi connectivity index (χ3n) is 4.74. The van der Waals surface area contributed by atoms with E-state index in [2.05, 4.69) is 15.6 Å². The zero-order chi connectivity index (χ0) is 23.8. The predicted octanol–water partition coefficient (Wildman–Crippen LogP) is 3.40. The van der Waals surface area contributed by atoms with Crippen molar-refractivity contribution in [1.29, 1.82) is 0 Å². The first-order valence-corrected chi connectivity index (χ1v) is 11.3. The Kier molecular flexibility index (Phi) is 8.26. The molecule has 1 heterocycles. The summed E-state index contributed by atoms with van der Waals surface area (Å²) in [4.78, 5) is 43.4. The van der Waals surface area contributed by atoms with Gasteiger partial charge in [-0.2, -0.15) is 0 Å². The normalized spacial score (nSPS) is 15.2. The number of rotatable bonds is 7. The monoisotopic (exact) mass is 466 g/mol. The third kappa shape index (κ3) is 6.45. The van der Waals surface area contributed by atoms with Crippen molar-refractivity contribution in [3.05, 3.63) is 71.4 Å². The number of aliphatic imine (C=N–C) groups is 1. The summed E-state index contributed by atoms with van der Waals surface area (Å²) in [6.45, 7) is 4.15. The topological polar surface area (TPSA) is 100 Å². The highest BCUT2D eigenvalue weighted by Gasteiger charge is 2.33. The van der Waals surface area contributed by atoms with Gasteiger partial charge in [0.15, 0.2) is 5.17 Å². The lowest BCUT2D eigenvalue weighted by Gasteiger charge is -2.20. The molecule has 8 nitrogen and oxygen atoms in total. The molecule has 0 radical (unpaired) electrons. The number of hydrogen-bond donors (Lipinski definition) is 2. The first-order chi connectivity index (χ1) is 15.9. The van der Waals surface area contributed by atoms with Crippen molar-refractivity contribution in [2.75, 3.05) is 13.7 Å². The summed E-state index contributed by atoms with van der Waals surface area (Å²) < 4.78 is 5.18. The molecule has 2 aromatic carbocycles. The Hall–Kier alpha value is -3.59. The van der Waals surface area contributed by atoms with Crippen LogP contribution in [0.3, 0.4) is 0 Å². The van der Waals surface area contributed by atoms with Gasteiger partial charge in [0.25, 0.3) is 5.91 Å². The quantitative estimate of drug-likeness (QED) is 0.609. The molecule has 0 aliphatic carbocycles. The van der Waals surface area contributed by atoms with Gasteiger partial charge in [-0.15, -0.1) is 0 Å². The summed E-state index contributed by atoms with van der Waals surface area (Å²) in [6, 6.07) is 16.3. The van der Waals surface area contributed by atoms with Crippen LogP contribution in [-0.4, -0.2) is 46.8 Å². The number of ether oxygens (including phenoxy) is 1. The molecule has 2 aromatic rings. The number of urea groups is 1. The minimum Gasteiger partial charge on any atom is -0.497 e. The second kappa shape index (κ2) is 11.3. The van der Waals surface area contributed by atoms with Gasteiger partial charge in [0.2, 0.25) is 5.91 Å². The first-order valence-electron chi connectivity index (χ1n) is 10.5. The number of nitrogens with zero attached hydrogens (tertiary/aromatic N) is 2. The fourth-order valence-corrected chi connectivity index (χ4v) is 3.92. The van der Waals surface area contributed by atoms with Crippen LogP contribution >= 0.6 is 11.8 Å². The summed E-state index contributed by atoms with van der Waals surface area (Å²) >= 11 is 1.13. The van der Waals surface area contributed by atoms with Crippen LogP contribution in [0.5, 0.6) is 5.75 Å². The summed E-state index contributed by atoms with van der Waals surface area (Å²) in [6.07, 6.45) is 1.70. The molecule has 1 aliphatic rings. The van der Waals surface area contributed by atoms with Gasteiger partial charge in [-0.1, -0.05) is 54.2 Å². The van der Waals surface area contributed by atoms with E-state index in [1.165, 1.54) is 0 Å². The number of nitrogens with one attached hydrogen (secondary N) is 2. The molecule has 3 rings (SSSR count). The second-order valence-electron chi connectivity index (χ2n) is 7.18. The third-order valence-corrected chi connectivity index (χ3v) is 5.83. The van der Waals surface area contributed by atoms with Gasteiger partial charge in [0.05, 0.1) is 18.9 Å². The maximum atomic E-state index is 13.2. The molecule has 1 unspecified atom stereocenters. The van der Waals surface area contributed by atoms with E-state index in [1.807, 2.05) is 42.5 Å². The van der Waals surface area contributed by atoms with E-state index in [-0.39, 0.29) is 11.6 Å². The maximum absolute atomic E-state index is 13.2. The molecule has 0 fully saturated rings. The Morgan fingerprint density at radius 1 is 1.15 bits per heavy atom. The van der Waals surface area contributed by atoms with Crippen LogP contribution in [0.15, 0.2) is 65.3 Å². The number of methoxy groups -OCH3 is 1. The fourth-order valence-electron chi connectivity index (χ4n) is 3.01. The highest BCUT2D eigenvalue weighted by molar-refractivity contribution is 8.14. The fraction of sp³-hybridized carbons (Fsp3) is 0.250. The predicted molar refractivity (Wildman–Crippen MR) is 130 cm³/mol. The van der Waals surface area contributed by atoms with Crippen molar-refractivity contribution in [1.82, 2.24) is 15.5 Å². The average molecular weight is 467 g/mol. The second-order valence-corrected chi connectivity index (χ2v) is 8.49. The minimum atomic E-state index is -0.641. The molecule has 172 valence electrons. The van der Waals surface area contributed by atoms with Crippen LogP contribution in [-0.2, 0) is 16.1 Å². The number of benzene rings is 2. The molecule has 0 spiro atoms. The van der Waals surface area contributed by atoms with Gasteiger partial charge in [-0.05, 0) is 43.2 Å². The number of amides is 4. The molecule has 0 saturated carbocycles. The molecule has 0 saturated heterocycles. The van der Waals surface area contributed by atoms with Gasteiger partial charge >= 0.3 is 6.03 Å². The minimum absolute atomic E-state index is 0.256. The van der Waals surface area contributed by atoms with E-state index >= 15 is 0 Å². The lowest BCUT2D eigenvalue weighted by molar-refractivity contribution is -0.123. The number of thioether (sulfide) groups is 1. The summed E-state index contributed by atoms with van der Waals surface area (Å²) in [5.74, 6) is -0.00542. The largest absolute Gasteiger partial charge is 0.497 e. The molecular formula is C24H26N4O4S. The number of amidine groups is 1. The average Bonchev–Trinajstić information content (AvgIpc) is 3.09. The Labute approximate surface area is 197 Å². The van der Waals surface area contributed by atoms with Gasteiger partial charge < -0.3 is 10.1 Å². The molecule has 2 N–H and O–H groups in total. The van der Waals surface area contributed by atoms with Gasteiger partial charge in [0, 0.05) is 6.54 Å². The van der Waals surface area contributed by atoms with E-state index in [4.69, 9.17) is 4.74 Å². The number of carbonyl (C=O) groups excluding carboxylic acids is 3. The smallest absolute Gasteiger partial charge is 0.321 e. The Morgan fingerprint density at radius 3 is 2.48 bits per heavy atom. The molecule has 1 aliphatic heterocycles. The van der Waals surface area contributed by atoms with Crippen LogP contribution in [0.2, 0.25) is 0 Å². The Bertz CT molecular complexity index is 1070. The Morgan fingerprint density at radius 2 is 1.85 bits per heavy atom. The van der Waals surface area contributed by atoms with Crippen molar-refractivity contribution in [2.24, 2.45) is 4.99 Å². The summed E-state index contributed by atoms with van der Waals surface area (Å²) in [5.41, 5.74) is 2.01. The molecule has 0 aromatic heterocycles.